The Hall–Kier alpha value is -1.18. The van der Waals surface area contributed by atoms with Crippen molar-refractivity contribution in [3.05, 3.63) is 23.8 Å². The summed E-state index contributed by atoms with van der Waals surface area (Å²) < 4.78 is 5.63. The van der Waals surface area contributed by atoms with Gasteiger partial charge in [-0.1, -0.05) is 32.3 Å². The predicted molar refractivity (Wildman–Crippen MR) is 75.0 cm³/mol. The molecule has 17 heavy (non-hydrogen) atoms. The molecule has 0 radical (unpaired) electrons. The van der Waals surface area contributed by atoms with Gasteiger partial charge in [0, 0.05) is 6.54 Å². The Morgan fingerprint density at radius 2 is 1.94 bits per heavy atom. The molecule has 2 heteroatoms. The van der Waals surface area contributed by atoms with Gasteiger partial charge in [-0.3, -0.25) is 0 Å². The number of hydrogen-bond acceptors (Lipinski definition) is 2. The summed E-state index contributed by atoms with van der Waals surface area (Å²) in [7, 11) is 0. The molecule has 2 nitrogen and oxygen atoms in total. The van der Waals surface area contributed by atoms with Gasteiger partial charge in [0.15, 0.2) is 0 Å². The van der Waals surface area contributed by atoms with Crippen LogP contribution in [-0.2, 0) is 0 Å². The van der Waals surface area contributed by atoms with Crippen molar-refractivity contribution >= 4 is 5.69 Å². The third kappa shape index (κ3) is 5.12. The van der Waals surface area contributed by atoms with Gasteiger partial charge in [-0.25, -0.2) is 0 Å². The van der Waals surface area contributed by atoms with Crippen LogP contribution in [0.4, 0.5) is 5.69 Å². The van der Waals surface area contributed by atoms with Gasteiger partial charge in [0.2, 0.25) is 0 Å². The molecular formula is C15H25NO. The van der Waals surface area contributed by atoms with E-state index in [2.05, 4.69) is 37.4 Å². The number of hydrogen-bond donors (Lipinski definition) is 1. The summed E-state index contributed by atoms with van der Waals surface area (Å²) in [6, 6.07) is 6.33. The van der Waals surface area contributed by atoms with Crippen LogP contribution in [0.2, 0.25) is 0 Å². The number of unbranched alkanes of at least 4 members (excludes halogenated alkanes) is 3. The van der Waals surface area contributed by atoms with E-state index in [1.807, 2.05) is 6.92 Å². The summed E-state index contributed by atoms with van der Waals surface area (Å²) in [4.78, 5) is 0. The minimum absolute atomic E-state index is 0.716. The lowest BCUT2D eigenvalue weighted by atomic mass is 10.2. The van der Waals surface area contributed by atoms with E-state index in [-0.39, 0.29) is 0 Å². The van der Waals surface area contributed by atoms with Crippen molar-refractivity contribution in [2.45, 2.75) is 46.5 Å². The van der Waals surface area contributed by atoms with E-state index in [1.165, 1.54) is 31.2 Å². The summed E-state index contributed by atoms with van der Waals surface area (Å²) in [5.41, 5.74) is 2.36. The van der Waals surface area contributed by atoms with Gasteiger partial charge in [-0.2, -0.15) is 0 Å². The lowest BCUT2D eigenvalue weighted by Gasteiger charge is -2.13. The Labute approximate surface area is 105 Å². The van der Waals surface area contributed by atoms with E-state index < -0.39 is 0 Å². The first-order chi connectivity index (χ1) is 8.27. The maximum absolute atomic E-state index is 5.63. The number of anilines is 1. The Morgan fingerprint density at radius 1 is 1.12 bits per heavy atom. The van der Waals surface area contributed by atoms with Crippen LogP contribution in [0.3, 0.4) is 0 Å². The molecule has 0 bridgehead atoms. The molecule has 1 aromatic carbocycles. The SMILES string of the molecule is CCCCCCNc1ccc(C)cc1OCC. The van der Waals surface area contributed by atoms with Crippen LogP contribution in [-0.4, -0.2) is 13.2 Å². The van der Waals surface area contributed by atoms with Gasteiger partial charge in [0.05, 0.1) is 12.3 Å². The van der Waals surface area contributed by atoms with Crippen LogP contribution in [0.25, 0.3) is 0 Å². The average Bonchev–Trinajstić information content (AvgIpc) is 2.32. The second-order valence-corrected chi connectivity index (χ2v) is 4.42. The predicted octanol–water partition coefficient (Wildman–Crippen LogP) is 4.39. The molecule has 1 rings (SSSR count). The van der Waals surface area contributed by atoms with Crippen molar-refractivity contribution in [2.75, 3.05) is 18.5 Å². The van der Waals surface area contributed by atoms with Crippen molar-refractivity contribution in [3.8, 4) is 5.75 Å². The summed E-state index contributed by atoms with van der Waals surface area (Å²) in [5.74, 6) is 0.975. The van der Waals surface area contributed by atoms with E-state index in [4.69, 9.17) is 4.74 Å². The molecule has 0 aromatic heterocycles. The van der Waals surface area contributed by atoms with Crippen LogP contribution in [0.15, 0.2) is 18.2 Å². The molecule has 96 valence electrons. The van der Waals surface area contributed by atoms with Crippen LogP contribution in [0.1, 0.15) is 45.1 Å². The summed E-state index contributed by atoms with van der Waals surface area (Å²) in [5, 5.41) is 3.46. The third-order valence-corrected chi connectivity index (χ3v) is 2.78. The van der Waals surface area contributed by atoms with Gasteiger partial charge in [0.1, 0.15) is 5.75 Å². The second-order valence-electron chi connectivity index (χ2n) is 4.42. The first kappa shape index (κ1) is 13.9. The number of benzene rings is 1. The van der Waals surface area contributed by atoms with Crippen molar-refractivity contribution in [3.63, 3.8) is 0 Å². The molecule has 0 heterocycles. The van der Waals surface area contributed by atoms with E-state index in [0.717, 1.165) is 18.0 Å². The van der Waals surface area contributed by atoms with Crippen molar-refractivity contribution < 1.29 is 4.74 Å². The van der Waals surface area contributed by atoms with E-state index in [9.17, 15) is 0 Å². The zero-order chi connectivity index (χ0) is 12.5. The van der Waals surface area contributed by atoms with Crippen molar-refractivity contribution in [2.24, 2.45) is 0 Å². The molecule has 0 unspecified atom stereocenters. The fourth-order valence-electron chi connectivity index (χ4n) is 1.83. The maximum Gasteiger partial charge on any atom is 0.142 e. The molecule has 0 spiro atoms. The van der Waals surface area contributed by atoms with E-state index >= 15 is 0 Å². The Balaban J connectivity index is 2.45. The van der Waals surface area contributed by atoms with Gasteiger partial charge in [-0.15, -0.1) is 0 Å². The minimum atomic E-state index is 0.716. The van der Waals surface area contributed by atoms with Crippen LogP contribution < -0.4 is 10.1 Å². The van der Waals surface area contributed by atoms with Gasteiger partial charge < -0.3 is 10.1 Å². The fraction of sp³-hybridized carbons (Fsp3) is 0.600. The molecule has 0 saturated carbocycles. The van der Waals surface area contributed by atoms with Gasteiger partial charge in [0.25, 0.3) is 0 Å². The zero-order valence-electron chi connectivity index (χ0n) is 11.4. The van der Waals surface area contributed by atoms with E-state index in [0.29, 0.717) is 6.61 Å². The van der Waals surface area contributed by atoms with Crippen LogP contribution in [0, 0.1) is 6.92 Å². The molecule has 0 aliphatic heterocycles. The molecule has 0 fully saturated rings. The summed E-state index contributed by atoms with van der Waals surface area (Å²) in [6.45, 7) is 8.10. The van der Waals surface area contributed by atoms with Gasteiger partial charge >= 0.3 is 0 Å². The third-order valence-electron chi connectivity index (χ3n) is 2.78. The standard InChI is InChI=1S/C15H25NO/c1-4-6-7-8-11-16-14-10-9-13(3)12-15(14)17-5-2/h9-10,12,16H,4-8,11H2,1-3H3. The first-order valence-corrected chi connectivity index (χ1v) is 6.75. The topological polar surface area (TPSA) is 21.3 Å². The highest BCUT2D eigenvalue weighted by molar-refractivity contribution is 5.57. The molecular weight excluding hydrogens is 210 g/mol. The smallest absolute Gasteiger partial charge is 0.142 e. The number of ether oxygens (including phenoxy) is 1. The fourth-order valence-corrected chi connectivity index (χ4v) is 1.83. The summed E-state index contributed by atoms with van der Waals surface area (Å²) in [6.07, 6.45) is 5.15. The molecule has 0 amide bonds. The molecule has 0 atom stereocenters. The Kier molecular flexibility index (Phi) is 6.53. The first-order valence-electron chi connectivity index (χ1n) is 6.75. The summed E-state index contributed by atoms with van der Waals surface area (Å²) >= 11 is 0. The Bertz CT molecular complexity index is 323. The lowest BCUT2D eigenvalue weighted by molar-refractivity contribution is 0.341. The lowest BCUT2D eigenvalue weighted by Crippen LogP contribution is -2.04. The average molecular weight is 235 g/mol. The van der Waals surface area contributed by atoms with Crippen LogP contribution in [0.5, 0.6) is 5.75 Å². The Morgan fingerprint density at radius 3 is 2.65 bits per heavy atom. The quantitative estimate of drug-likeness (QED) is 0.675. The van der Waals surface area contributed by atoms with Gasteiger partial charge in [-0.05, 0) is 38.0 Å². The maximum atomic E-state index is 5.63. The van der Waals surface area contributed by atoms with Crippen molar-refractivity contribution in [1.29, 1.82) is 0 Å². The monoisotopic (exact) mass is 235 g/mol. The highest BCUT2D eigenvalue weighted by Crippen LogP contribution is 2.25. The molecule has 1 aromatic rings. The van der Waals surface area contributed by atoms with Crippen LogP contribution >= 0.6 is 0 Å². The minimum Gasteiger partial charge on any atom is -0.492 e. The largest absolute Gasteiger partial charge is 0.492 e. The molecule has 0 aliphatic rings. The molecule has 1 N–H and O–H groups in total. The number of rotatable bonds is 8. The molecule has 0 aliphatic carbocycles. The van der Waals surface area contributed by atoms with Crippen molar-refractivity contribution in [1.82, 2.24) is 0 Å². The normalized spacial score (nSPS) is 10.3. The highest BCUT2D eigenvalue weighted by atomic mass is 16.5. The highest BCUT2D eigenvalue weighted by Gasteiger charge is 2.02. The molecule has 0 saturated heterocycles. The zero-order valence-corrected chi connectivity index (χ0v) is 11.4. The number of nitrogens with one attached hydrogen (secondary N) is 1. The number of aryl methyl sites for hydroxylation is 1. The second kappa shape index (κ2) is 7.99. The van der Waals surface area contributed by atoms with E-state index in [1.54, 1.807) is 0 Å².